The van der Waals surface area contributed by atoms with Gasteiger partial charge in [-0.15, -0.1) is 0 Å². The molecule has 15 heavy (non-hydrogen) atoms. The van der Waals surface area contributed by atoms with Crippen molar-refractivity contribution in [3.8, 4) is 0 Å². The first kappa shape index (κ1) is 14.7. The fraction of sp³-hybridized carbons (Fsp3) is 0.900. The normalized spacial score (nSPS) is 15.9. The number of hydrogen-bond acceptors (Lipinski definition) is 4. The minimum absolute atomic E-state index is 0.0154. The summed E-state index contributed by atoms with van der Waals surface area (Å²) in [7, 11) is 1.50. The maximum absolute atomic E-state index is 11.7. The fourth-order valence-corrected chi connectivity index (χ4v) is 1.63. The quantitative estimate of drug-likeness (QED) is 0.709. The Kier molecular flexibility index (Phi) is 6.24. The van der Waals surface area contributed by atoms with Gasteiger partial charge in [-0.1, -0.05) is 0 Å². The lowest BCUT2D eigenvalue weighted by atomic mass is 10.1. The average Bonchev–Trinajstić information content (AvgIpc) is 2.19. The number of thioether (sulfide) groups is 1. The third kappa shape index (κ3) is 4.40. The van der Waals surface area contributed by atoms with Crippen molar-refractivity contribution in [3.05, 3.63) is 0 Å². The van der Waals surface area contributed by atoms with Crippen molar-refractivity contribution in [3.63, 3.8) is 0 Å². The highest BCUT2D eigenvalue weighted by atomic mass is 32.2. The molecule has 0 aromatic rings. The number of ether oxygens (including phenoxy) is 1. The van der Waals surface area contributed by atoms with Crippen molar-refractivity contribution < 1.29 is 14.6 Å². The van der Waals surface area contributed by atoms with Gasteiger partial charge in [0.15, 0.2) is 0 Å². The van der Waals surface area contributed by atoms with Crippen LogP contribution in [0.5, 0.6) is 0 Å². The van der Waals surface area contributed by atoms with Crippen molar-refractivity contribution in [1.82, 2.24) is 5.32 Å². The summed E-state index contributed by atoms with van der Waals surface area (Å²) in [4.78, 5) is 11.7. The SMILES string of the molecule is COC(C)(C)C(=O)NC(C)C(CO)SC. The number of amides is 1. The second-order valence-electron chi connectivity index (χ2n) is 3.93. The molecule has 0 rings (SSSR count). The molecule has 2 atom stereocenters. The van der Waals surface area contributed by atoms with Gasteiger partial charge in [-0.2, -0.15) is 11.8 Å². The van der Waals surface area contributed by atoms with Crippen molar-refractivity contribution in [1.29, 1.82) is 0 Å². The summed E-state index contributed by atoms with van der Waals surface area (Å²) < 4.78 is 5.07. The summed E-state index contributed by atoms with van der Waals surface area (Å²) in [6.07, 6.45) is 1.91. The molecule has 0 aliphatic carbocycles. The third-order valence-corrected chi connectivity index (χ3v) is 3.62. The minimum Gasteiger partial charge on any atom is -0.395 e. The zero-order valence-electron chi connectivity index (χ0n) is 10.0. The Morgan fingerprint density at radius 2 is 2.13 bits per heavy atom. The smallest absolute Gasteiger partial charge is 0.251 e. The van der Waals surface area contributed by atoms with E-state index in [0.717, 1.165) is 0 Å². The number of carbonyl (C=O) groups excluding carboxylic acids is 1. The van der Waals surface area contributed by atoms with Crippen molar-refractivity contribution in [2.45, 2.75) is 37.7 Å². The van der Waals surface area contributed by atoms with E-state index in [-0.39, 0.29) is 23.8 Å². The largest absolute Gasteiger partial charge is 0.395 e. The maximum Gasteiger partial charge on any atom is 0.251 e. The molecule has 1 amide bonds. The molecule has 0 fully saturated rings. The highest BCUT2D eigenvalue weighted by Crippen LogP contribution is 2.13. The molecule has 0 aromatic carbocycles. The summed E-state index contributed by atoms with van der Waals surface area (Å²) in [5.41, 5.74) is -0.827. The van der Waals surface area contributed by atoms with E-state index >= 15 is 0 Å². The Labute approximate surface area is 95.8 Å². The molecule has 90 valence electrons. The van der Waals surface area contributed by atoms with Crippen LogP contribution in [0.3, 0.4) is 0 Å². The number of nitrogens with one attached hydrogen (secondary N) is 1. The second-order valence-corrected chi connectivity index (χ2v) is 5.01. The van der Waals surface area contributed by atoms with Crippen molar-refractivity contribution in [2.75, 3.05) is 20.0 Å². The van der Waals surface area contributed by atoms with Crippen LogP contribution >= 0.6 is 11.8 Å². The van der Waals surface area contributed by atoms with Crippen LogP contribution in [0.1, 0.15) is 20.8 Å². The Morgan fingerprint density at radius 3 is 2.47 bits per heavy atom. The van der Waals surface area contributed by atoms with E-state index in [0.29, 0.717) is 0 Å². The number of hydrogen-bond donors (Lipinski definition) is 2. The highest BCUT2D eigenvalue weighted by molar-refractivity contribution is 7.99. The van der Waals surface area contributed by atoms with Gasteiger partial charge < -0.3 is 15.2 Å². The number of carbonyl (C=O) groups is 1. The maximum atomic E-state index is 11.7. The van der Waals surface area contributed by atoms with Gasteiger partial charge in [0.1, 0.15) is 5.60 Å². The number of rotatable bonds is 6. The van der Waals surface area contributed by atoms with E-state index < -0.39 is 5.60 Å². The summed E-state index contributed by atoms with van der Waals surface area (Å²) in [5, 5.41) is 11.9. The molecule has 4 nitrogen and oxygen atoms in total. The molecule has 0 aliphatic rings. The molecule has 0 aromatic heterocycles. The van der Waals surface area contributed by atoms with Crippen LogP contribution in [0.25, 0.3) is 0 Å². The lowest BCUT2D eigenvalue weighted by Crippen LogP contribution is -2.50. The third-order valence-electron chi connectivity index (χ3n) is 2.46. The fourth-order valence-electron chi connectivity index (χ4n) is 1.00. The molecule has 0 radical (unpaired) electrons. The number of aliphatic hydroxyl groups excluding tert-OH is 1. The van der Waals surface area contributed by atoms with Crippen molar-refractivity contribution >= 4 is 17.7 Å². The first-order chi connectivity index (χ1) is 6.88. The zero-order valence-corrected chi connectivity index (χ0v) is 10.9. The van der Waals surface area contributed by atoms with Gasteiger partial charge in [0.25, 0.3) is 5.91 Å². The standard InChI is InChI=1S/C10H21NO3S/c1-7(8(6-12)15-5)11-9(13)10(2,3)14-4/h7-8,12H,6H2,1-5H3,(H,11,13). The van der Waals surface area contributed by atoms with Gasteiger partial charge in [-0.05, 0) is 27.0 Å². The molecule has 0 heterocycles. The van der Waals surface area contributed by atoms with Gasteiger partial charge in [0.2, 0.25) is 0 Å². The summed E-state index contributed by atoms with van der Waals surface area (Å²) in [6.45, 7) is 5.35. The van der Waals surface area contributed by atoms with E-state index in [1.807, 2.05) is 13.2 Å². The van der Waals surface area contributed by atoms with Crippen LogP contribution < -0.4 is 5.32 Å². The lowest BCUT2D eigenvalue weighted by molar-refractivity contribution is -0.140. The van der Waals surface area contributed by atoms with Gasteiger partial charge >= 0.3 is 0 Å². The topological polar surface area (TPSA) is 58.6 Å². The van der Waals surface area contributed by atoms with Crippen LogP contribution in [-0.2, 0) is 9.53 Å². The first-order valence-electron chi connectivity index (χ1n) is 4.88. The molecular weight excluding hydrogens is 214 g/mol. The molecule has 5 heteroatoms. The van der Waals surface area contributed by atoms with Crippen LogP contribution in [-0.4, -0.2) is 47.9 Å². The first-order valence-corrected chi connectivity index (χ1v) is 6.17. The monoisotopic (exact) mass is 235 g/mol. The zero-order chi connectivity index (χ0) is 12.1. The van der Waals surface area contributed by atoms with E-state index in [1.165, 1.54) is 18.9 Å². The Bertz CT molecular complexity index is 205. The molecular formula is C10H21NO3S. The van der Waals surface area contributed by atoms with E-state index in [9.17, 15) is 4.79 Å². The molecule has 0 saturated carbocycles. The van der Waals surface area contributed by atoms with E-state index in [1.54, 1.807) is 13.8 Å². The Morgan fingerprint density at radius 1 is 1.60 bits per heavy atom. The molecule has 2 unspecified atom stereocenters. The highest BCUT2D eigenvalue weighted by Gasteiger charge is 2.29. The predicted octanol–water partition coefficient (Wildman–Crippen LogP) is 0.640. The van der Waals surface area contributed by atoms with Crippen molar-refractivity contribution in [2.24, 2.45) is 0 Å². The number of methoxy groups -OCH3 is 1. The van der Waals surface area contributed by atoms with Gasteiger partial charge in [0, 0.05) is 18.4 Å². The summed E-state index contributed by atoms with van der Waals surface area (Å²) >= 11 is 1.53. The second kappa shape index (κ2) is 6.35. The lowest BCUT2D eigenvalue weighted by Gasteiger charge is -2.27. The molecule has 2 N–H and O–H groups in total. The van der Waals surface area contributed by atoms with Crippen LogP contribution in [0, 0.1) is 0 Å². The van der Waals surface area contributed by atoms with Crippen LogP contribution in [0.2, 0.25) is 0 Å². The molecule has 0 saturated heterocycles. The Hall–Kier alpha value is -0.260. The van der Waals surface area contributed by atoms with E-state index in [2.05, 4.69) is 5.32 Å². The van der Waals surface area contributed by atoms with Gasteiger partial charge in [-0.3, -0.25) is 4.79 Å². The molecule has 0 aliphatic heterocycles. The predicted molar refractivity (Wildman–Crippen MR) is 63.1 cm³/mol. The van der Waals surface area contributed by atoms with Gasteiger partial charge in [0.05, 0.1) is 6.61 Å². The van der Waals surface area contributed by atoms with Crippen LogP contribution in [0.4, 0.5) is 0 Å². The van der Waals surface area contributed by atoms with Crippen LogP contribution in [0.15, 0.2) is 0 Å². The molecule has 0 bridgehead atoms. The van der Waals surface area contributed by atoms with Gasteiger partial charge in [-0.25, -0.2) is 0 Å². The molecule has 0 spiro atoms. The minimum atomic E-state index is -0.827. The number of aliphatic hydroxyl groups is 1. The average molecular weight is 235 g/mol. The summed E-state index contributed by atoms with van der Waals surface area (Å²) in [6, 6.07) is -0.0769. The van der Waals surface area contributed by atoms with E-state index in [4.69, 9.17) is 9.84 Å². The summed E-state index contributed by atoms with van der Waals surface area (Å²) in [5.74, 6) is -0.162. The Balaban J connectivity index is 4.29.